The Kier molecular flexibility index (Phi) is 8.32. The number of fused-ring (bicyclic) bond motifs is 2. The van der Waals surface area contributed by atoms with Crippen molar-refractivity contribution in [1.29, 1.82) is 0 Å². The molecule has 1 unspecified atom stereocenters. The number of rotatable bonds is 10. The molecule has 1 atom stereocenters. The Bertz CT molecular complexity index is 1640. The molecule has 1 fully saturated rings. The quantitative estimate of drug-likeness (QED) is 0.297. The molecule has 11 heteroatoms. The van der Waals surface area contributed by atoms with Crippen molar-refractivity contribution in [3.05, 3.63) is 60.2 Å². The van der Waals surface area contributed by atoms with Gasteiger partial charge < -0.3 is 15.2 Å². The van der Waals surface area contributed by atoms with Crippen molar-refractivity contribution in [3.8, 4) is 0 Å². The zero-order valence-corrected chi connectivity index (χ0v) is 23.7. The summed E-state index contributed by atoms with van der Waals surface area (Å²) in [4.78, 5) is 21.2. The van der Waals surface area contributed by atoms with Gasteiger partial charge in [-0.3, -0.25) is 4.79 Å². The number of carbonyl (C=O) groups excluding carboxylic acids is 1. The van der Waals surface area contributed by atoms with Crippen LogP contribution in [0.5, 0.6) is 0 Å². The van der Waals surface area contributed by atoms with Crippen LogP contribution in [-0.2, 0) is 28.3 Å². The van der Waals surface area contributed by atoms with E-state index >= 15 is 0 Å². The smallest absolute Gasteiger partial charge is 0.246 e. The molecule has 0 aliphatic carbocycles. The molecular formula is C29H35FN6O3S. The van der Waals surface area contributed by atoms with E-state index in [-0.39, 0.29) is 28.4 Å². The predicted molar refractivity (Wildman–Crippen MR) is 154 cm³/mol. The van der Waals surface area contributed by atoms with Crippen LogP contribution in [-0.4, -0.2) is 59.3 Å². The van der Waals surface area contributed by atoms with Gasteiger partial charge in [0.25, 0.3) is 0 Å². The first-order chi connectivity index (χ1) is 19.3. The van der Waals surface area contributed by atoms with Crippen LogP contribution in [0.25, 0.3) is 21.9 Å². The summed E-state index contributed by atoms with van der Waals surface area (Å²) >= 11 is 0. The molecule has 2 aromatic carbocycles. The molecule has 2 N–H and O–H groups in total. The lowest BCUT2D eigenvalue weighted by molar-refractivity contribution is -0.121. The Labute approximate surface area is 233 Å². The summed E-state index contributed by atoms with van der Waals surface area (Å²) < 4.78 is 45.6. The van der Waals surface area contributed by atoms with Crippen molar-refractivity contribution in [3.63, 3.8) is 0 Å². The number of hydrogen-bond acceptors (Lipinski definition) is 6. The number of hydrogen-bond donors (Lipinski definition) is 2. The van der Waals surface area contributed by atoms with E-state index in [4.69, 9.17) is 0 Å². The molecule has 1 amide bonds. The minimum Gasteiger partial charge on any atom is -0.368 e. The largest absolute Gasteiger partial charge is 0.368 e. The van der Waals surface area contributed by atoms with Crippen LogP contribution >= 0.6 is 0 Å². The molecule has 9 nitrogen and oxygen atoms in total. The van der Waals surface area contributed by atoms with E-state index in [1.165, 1.54) is 10.4 Å². The van der Waals surface area contributed by atoms with E-state index in [2.05, 4.69) is 20.6 Å². The standard InChI is InChI=1S/C29H35FN6O3S/c1-3-8-27(37)32-18-20-9-7-16-36(19-20)40(38,39)25-17-21-10-4-5-12-23(21)33-29(25)31-15-14-26-34-28-22(30)11-6-13-24(28)35(26)2/h4-6,10-13,17,20H,3,7-9,14-16,18-19H2,1-2H3,(H,31,33)(H,32,37). The van der Waals surface area contributed by atoms with Gasteiger partial charge >= 0.3 is 0 Å². The second-order valence-electron chi connectivity index (χ2n) is 10.3. The van der Waals surface area contributed by atoms with Crippen molar-refractivity contribution in [2.45, 2.75) is 43.9 Å². The number of para-hydroxylation sites is 2. The van der Waals surface area contributed by atoms with Crippen LogP contribution in [0, 0.1) is 11.7 Å². The van der Waals surface area contributed by atoms with Crippen LogP contribution in [0.1, 0.15) is 38.4 Å². The second kappa shape index (κ2) is 11.9. The Morgan fingerprint density at radius 3 is 2.77 bits per heavy atom. The molecular weight excluding hydrogens is 531 g/mol. The minimum absolute atomic E-state index is 0.00366. The average molecular weight is 567 g/mol. The lowest BCUT2D eigenvalue weighted by Gasteiger charge is -2.32. The van der Waals surface area contributed by atoms with Crippen LogP contribution in [0.2, 0.25) is 0 Å². The molecule has 0 bridgehead atoms. The monoisotopic (exact) mass is 566 g/mol. The number of pyridine rings is 1. The van der Waals surface area contributed by atoms with Gasteiger partial charge in [-0.25, -0.2) is 22.8 Å². The highest BCUT2D eigenvalue weighted by Crippen LogP contribution is 2.30. The molecule has 0 saturated carbocycles. The highest BCUT2D eigenvalue weighted by Gasteiger charge is 2.33. The Hall–Kier alpha value is -3.57. The number of benzene rings is 2. The molecule has 3 heterocycles. The maximum absolute atomic E-state index is 14.2. The topological polar surface area (TPSA) is 109 Å². The summed E-state index contributed by atoms with van der Waals surface area (Å²) in [7, 11) is -2.03. The molecule has 212 valence electrons. The molecule has 1 saturated heterocycles. The van der Waals surface area contributed by atoms with E-state index < -0.39 is 10.0 Å². The fourth-order valence-electron chi connectivity index (χ4n) is 5.29. The zero-order valence-electron chi connectivity index (χ0n) is 22.9. The molecule has 1 aliphatic heterocycles. The molecule has 0 radical (unpaired) electrons. The van der Waals surface area contributed by atoms with Crippen molar-refractivity contribution in [2.75, 3.05) is 31.5 Å². The number of imidazole rings is 1. The fourth-order valence-corrected chi connectivity index (χ4v) is 6.98. The third-order valence-electron chi connectivity index (χ3n) is 7.45. The van der Waals surface area contributed by atoms with Crippen LogP contribution < -0.4 is 10.6 Å². The third-order valence-corrected chi connectivity index (χ3v) is 9.33. The number of aromatic nitrogens is 3. The first-order valence-corrected chi connectivity index (χ1v) is 15.2. The lowest BCUT2D eigenvalue weighted by atomic mass is 10.00. The Morgan fingerprint density at radius 1 is 1.15 bits per heavy atom. The Morgan fingerprint density at radius 2 is 1.98 bits per heavy atom. The summed E-state index contributed by atoms with van der Waals surface area (Å²) in [6.07, 6.45) is 3.27. The fraction of sp³-hybridized carbons (Fsp3) is 0.414. The maximum atomic E-state index is 14.2. The van der Waals surface area contributed by atoms with Gasteiger partial charge in [0.05, 0.1) is 11.0 Å². The van der Waals surface area contributed by atoms with E-state index in [1.807, 2.05) is 48.9 Å². The van der Waals surface area contributed by atoms with E-state index in [0.29, 0.717) is 61.4 Å². The first-order valence-electron chi connectivity index (χ1n) is 13.8. The van der Waals surface area contributed by atoms with Gasteiger partial charge in [-0.1, -0.05) is 31.2 Å². The minimum atomic E-state index is -3.87. The highest BCUT2D eigenvalue weighted by atomic mass is 32.2. The number of amides is 1. The van der Waals surface area contributed by atoms with Crippen LogP contribution in [0.15, 0.2) is 53.4 Å². The summed E-state index contributed by atoms with van der Waals surface area (Å²) in [6, 6.07) is 14.0. The van der Waals surface area contributed by atoms with E-state index in [9.17, 15) is 17.6 Å². The molecule has 40 heavy (non-hydrogen) atoms. The summed E-state index contributed by atoms with van der Waals surface area (Å²) in [5, 5.41) is 6.91. The normalized spacial score (nSPS) is 16.4. The predicted octanol–water partition coefficient (Wildman–Crippen LogP) is 4.23. The van der Waals surface area contributed by atoms with E-state index in [1.54, 1.807) is 12.1 Å². The third kappa shape index (κ3) is 5.80. The maximum Gasteiger partial charge on any atom is 0.246 e. The van der Waals surface area contributed by atoms with Gasteiger partial charge in [0, 0.05) is 51.5 Å². The van der Waals surface area contributed by atoms with Crippen LogP contribution in [0.4, 0.5) is 10.2 Å². The molecule has 4 aromatic rings. The Balaban J connectivity index is 1.37. The summed E-state index contributed by atoms with van der Waals surface area (Å²) in [6.45, 7) is 3.53. The van der Waals surface area contributed by atoms with Crippen molar-refractivity contribution >= 4 is 43.7 Å². The highest BCUT2D eigenvalue weighted by molar-refractivity contribution is 7.89. The van der Waals surface area contributed by atoms with Crippen LogP contribution in [0.3, 0.4) is 0 Å². The first kappa shape index (κ1) is 28.0. The zero-order chi connectivity index (χ0) is 28.3. The number of aryl methyl sites for hydroxylation is 1. The SMILES string of the molecule is CCCC(=O)NCC1CCCN(S(=O)(=O)c2cc3ccccc3nc2NCCc2nc3c(F)cccc3n2C)C1. The number of carbonyl (C=O) groups is 1. The van der Waals surface area contributed by atoms with Crippen molar-refractivity contribution < 1.29 is 17.6 Å². The molecule has 5 rings (SSSR count). The number of sulfonamides is 1. The lowest BCUT2D eigenvalue weighted by Crippen LogP contribution is -2.43. The van der Waals surface area contributed by atoms with Gasteiger partial charge in [0.2, 0.25) is 15.9 Å². The number of nitrogens with one attached hydrogen (secondary N) is 2. The number of nitrogens with zero attached hydrogens (tertiary/aromatic N) is 4. The van der Waals surface area contributed by atoms with Gasteiger partial charge in [-0.05, 0) is 49.4 Å². The van der Waals surface area contributed by atoms with Crippen molar-refractivity contribution in [2.24, 2.45) is 13.0 Å². The van der Waals surface area contributed by atoms with Gasteiger partial charge in [-0.15, -0.1) is 0 Å². The van der Waals surface area contributed by atoms with Gasteiger partial charge in [0.15, 0.2) is 5.82 Å². The number of piperidine rings is 1. The van der Waals surface area contributed by atoms with Gasteiger partial charge in [-0.2, -0.15) is 4.31 Å². The summed E-state index contributed by atoms with van der Waals surface area (Å²) in [5.74, 6) is 0.633. The molecule has 0 spiro atoms. The van der Waals surface area contributed by atoms with E-state index in [0.717, 1.165) is 24.6 Å². The molecule has 1 aliphatic rings. The summed E-state index contributed by atoms with van der Waals surface area (Å²) in [5.41, 5.74) is 1.70. The number of halogens is 1. The molecule has 2 aromatic heterocycles. The average Bonchev–Trinajstić information content (AvgIpc) is 3.28. The van der Waals surface area contributed by atoms with Gasteiger partial charge in [0.1, 0.15) is 22.1 Å². The number of anilines is 1. The second-order valence-corrected chi connectivity index (χ2v) is 12.2. The van der Waals surface area contributed by atoms with Crippen molar-refractivity contribution in [1.82, 2.24) is 24.2 Å².